The van der Waals surface area contributed by atoms with E-state index in [-0.39, 0.29) is 11.8 Å². The molecular formula is C20H27N5O4. The maximum Gasteiger partial charge on any atom is 0.410 e. The Kier molecular flexibility index (Phi) is 5.86. The number of nitro groups is 1. The summed E-state index contributed by atoms with van der Waals surface area (Å²) in [7, 11) is 1.94. The molecule has 9 nitrogen and oxygen atoms in total. The summed E-state index contributed by atoms with van der Waals surface area (Å²) in [5.41, 5.74) is 0.595. The molecule has 29 heavy (non-hydrogen) atoms. The highest BCUT2D eigenvalue weighted by Gasteiger charge is 2.28. The van der Waals surface area contributed by atoms with Crippen LogP contribution in [0.4, 0.5) is 16.3 Å². The van der Waals surface area contributed by atoms with Crippen molar-refractivity contribution in [3.05, 3.63) is 34.5 Å². The molecule has 1 amide bonds. The van der Waals surface area contributed by atoms with E-state index in [9.17, 15) is 14.9 Å². The molecule has 1 atom stereocenters. The highest BCUT2D eigenvalue weighted by atomic mass is 16.6. The van der Waals surface area contributed by atoms with Gasteiger partial charge < -0.3 is 14.5 Å². The minimum Gasteiger partial charge on any atom is -0.444 e. The third kappa shape index (κ3) is 5.30. The SMILES string of the molecule is CN(CC1CCCN(C(=O)OC(C)(C)C)C1)c1cnc2cc([N+](=O)[O-])ccc2n1. The van der Waals surface area contributed by atoms with E-state index >= 15 is 0 Å². The quantitative estimate of drug-likeness (QED) is 0.569. The van der Waals surface area contributed by atoms with Crippen LogP contribution in [0.1, 0.15) is 33.6 Å². The van der Waals surface area contributed by atoms with Crippen LogP contribution < -0.4 is 4.90 Å². The Balaban J connectivity index is 1.66. The highest BCUT2D eigenvalue weighted by Crippen LogP contribution is 2.23. The number of fused-ring (bicyclic) bond motifs is 1. The Labute approximate surface area is 169 Å². The van der Waals surface area contributed by atoms with Crippen molar-refractivity contribution >= 4 is 28.6 Å². The van der Waals surface area contributed by atoms with Crippen LogP contribution in [0.5, 0.6) is 0 Å². The zero-order chi connectivity index (χ0) is 21.2. The monoisotopic (exact) mass is 401 g/mol. The number of ether oxygens (including phenoxy) is 1. The predicted molar refractivity (Wildman–Crippen MR) is 110 cm³/mol. The van der Waals surface area contributed by atoms with Crippen molar-refractivity contribution in [2.24, 2.45) is 5.92 Å². The topological polar surface area (TPSA) is 102 Å². The Morgan fingerprint density at radius 3 is 2.83 bits per heavy atom. The molecule has 9 heteroatoms. The number of nitro benzene ring substituents is 1. The number of piperidine rings is 1. The number of non-ortho nitro benzene ring substituents is 1. The van der Waals surface area contributed by atoms with Gasteiger partial charge in [-0.25, -0.2) is 9.78 Å². The van der Waals surface area contributed by atoms with Crippen LogP contribution in [-0.4, -0.2) is 58.2 Å². The molecule has 2 aromatic rings. The van der Waals surface area contributed by atoms with Crippen LogP contribution in [0.25, 0.3) is 11.0 Å². The molecular weight excluding hydrogens is 374 g/mol. The van der Waals surface area contributed by atoms with Gasteiger partial charge in [0, 0.05) is 38.8 Å². The number of nitrogens with zero attached hydrogens (tertiary/aromatic N) is 5. The second-order valence-corrected chi connectivity index (χ2v) is 8.47. The third-order valence-corrected chi connectivity index (χ3v) is 4.82. The number of hydrogen-bond acceptors (Lipinski definition) is 7. The van der Waals surface area contributed by atoms with Gasteiger partial charge >= 0.3 is 6.09 Å². The summed E-state index contributed by atoms with van der Waals surface area (Å²) in [6.45, 7) is 7.69. The number of rotatable bonds is 4. The number of anilines is 1. The second kappa shape index (κ2) is 8.18. The second-order valence-electron chi connectivity index (χ2n) is 8.47. The molecule has 0 N–H and O–H groups in total. The lowest BCUT2D eigenvalue weighted by Crippen LogP contribution is -2.45. The van der Waals surface area contributed by atoms with Crippen LogP contribution in [0.15, 0.2) is 24.4 Å². The van der Waals surface area contributed by atoms with Crippen molar-refractivity contribution in [1.29, 1.82) is 0 Å². The Morgan fingerprint density at radius 1 is 1.38 bits per heavy atom. The van der Waals surface area contributed by atoms with Gasteiger partial charge in [0.15, 0.2) is 0 Å². The normalized spacial score (nSPS) is 17.2. The number of benzene rings is 1. The fourth-order valence-corrected chi connectivity index (χ4v) is 3.47. The minimum atomic E-state index is -0.503. The molecule has 2 heterocycles. The molecule has 1 fully saturated rings. The van der Waals surface area contributed by atoms with Gasteiger partial charge in [0.05, 0.1) is 22.2 Å². The minimum absolute atomic E-state index is 0.00246. The Morgan fingerprint density at radius 2 is 2.14 bits per heavy atom. The van der Waals surface area contributed by atoms with E-state index in [0.717, 1.165) is 19.4 Å². The van der Waals surface area contributed by atoms with Gasteiger partial charge in [-0.2, -0.15) is 0 Å². The van der Waals surface area contributed by atoms with Gasteiger partial charge in [-0.3, -0.25) is 15.1 Å². The number of hydrogen-bond donors (Lipinski definition) is 0. The van der Waals surface area contributed by atoms with Gasteiger partial charge in [-0.05, 0) is 45.6 Å². The van der Waals surface area contributed by atoms with Crippen molar-refractivity contribution in [3.8, 4) is 0 Å². The molecule has 0 aliphatic carbocycles. The number of amides is 1. The van der Waals surface area contributed by atoms with E-state index < -0.39 is 10.5 Å². The molecule has 1 aliphatic heterocycles. The van der Waals surface area contributed by atoms with Crippen LogP contribution in [0.3, 0.4) is 0 Å². The summed E-state index contributed by atoms with van der Waals surface area (Å²) in [4.78, 5) is 35.5. The first kappa shape index (κ1) is 20.8. The first-order valence-electron chi connectivity index (χ1n) is 9.72. The fourth-order valence-electron chi connectivity index (χ4n) is 3.47. The number of carbonyl (C=O) groups excluding carboxylic acids is 1. The largest absolute Gasteiger partial charge is 0.444 e. The van der Waals surface area contributed by atoms with E-state index in [0.29, 0.717) is 35.9 Å². The Hall–Kier alpha value is -2.97. The highest BCUT2D eigenvalue weighted by molar-refractivity contribution is 5.78. The molecule has 1 aromatic carbocycles. The summed E-state index contributed by atoms with van der Waals surface area (Å²) in [5.74, 6) is 0.997. The van der Waals surface area contributed by atoms with Crippen LogP contribution in [-0.2, 0) is 4.74 Å². The molecule has 1 saturated heterocycles. The van der Waals surface area contributed by atoms with Gasteiger partial charge in [0.1, 0.15) is 11.4 Å². The summed E-state index contributed by atoms with van der Waals surface area (Å²) in [5, 5.41) is 10.9. The standard InChI is InChI=1S/C20H27N5O4/c1-20(2,3)29-19(26)24-9-5-6-14(13-24)12-23(4)18-11-21-17-10-15(25(27)28)7-8-16(17)22-18/h7-8,10-11,14H,5-6,9,12-13H2,1-4H3. The molecule has 156 valence electrons. The average molecular weight is 401 g/mol. The summed E-state index contributed by atoms with van der Waals surface area (Å²) in [6.07, 6.45) is 3.32. The molecule has 3 rings (SSSR count). The first-order chi connectivity index (χ1) is 13.6. The number of aromatic nitrogens is 2. The molecule has 0 bridgehead atoms. The van der Waals surface area contributed by atoms with Gasteiger partial charge in [-0.1, -0.05) is 0 Å². The van der Waals surface area contributed by atoms with Crippen LogP contribution in [0.2, 0.25) is 0 Å². The maximum atomic E-state index is 12.4. The third-order valence-electron chi connectivity index (χ3n) is 4.82. The average Bonchev–Trinajstić information content (AvgIpc) is 2.66. The van der Waals surface area contributed by atoms with Crippen LogP contribution in [0, 0.1) is 16.0 Å². The van der Waals surface area contributed by atoms with E-state index in [1.54, 1.807) is 17.2 Å². The zero-order valence-electron chi connectivity index (χ0n) is 17.3. The lowest BCUT2D eigenvalue weighted by atomic mass is 9.98. The smallest absolute Gasteiger partial charge is 0.410 e. The summed E-state index contributed by atoms with van der Waals surface area (Å²) >= 11 is 0. The summed E-state index contributed by atoms with van der Waals surface area (Å²) < 4.78 is 5.49. The molecule has 0 spiro atoms. The molecule has 1 unspecified atom stereocenters. The molecule has 0 radical (unpaired) electrons. The van der Waals surface area contributed by atoms with Gasteiger partial charge in [0.2, 0.25) is 0 Å². The number of likely N-dealkylation sites (tertiary alicyclic amines) is 1. The molecule has 1 aliphatic rings. The number of carbonyl (C=O) groups is 1. The van der Waals surface area contributed by atoms with Gasteiger partial charge in [0.25, 0.3) is 5.69 Å². The van der Waals surface area contributed by atoms with Crippen molar-refractivity contribution in [2.75, 3.05) is 31.6 Å². The summed E-state index contributed by atoms with van der Waals surface area (Å²) in [6, 6.07) is 4.47. The first-order valence-corrected chi connectivity index (χ1v) is 9.72. The van der Waals surface area contributed by atoms with E-state index in [2.05, 4.69) is 9.97 Å². The lowest BCUT2D eigenvalue weighted by Gasteiger charge is -2.35. The predicted octanol–water partition coefficient (Wildman–Crippen LogP) is 3.62. The maximum absolute atomic E-state index is 12.4. The van der Waals surface area contributed by atoms with Crippen molar-refractivity contribution in [1.82, 2.24) is 14.9 Å². The van der Waals surface area contributed by atoms with Gasteiger partial charge in [-0.15, -0.1) is 0 Å². The van der Waals surface area contributed by atoms with Crippen molar-refractivity contribution in [3.63, 3.8) is 0 Å². The van der Waals surface area contributed by atoms with Crippen molar-refractivity contribution < 1.29 is 14.5 Å². The fraction of sp³-hybridized carbons (Fsp3) is 0.550. The molecule has 1 aromatic heterocycles. The zero-order valence-corrected chi connectivity index (χ0v) is 17.3. The van der Waals surface area contributed by atoms with E-state index in [4.69, 9.17) is 4.74 Å². The Bertz CT molecular complexity index is 911. The van der Waals surface area contributed by atoms with Crippen molar-refractivity contribution in [2.45, 2.75) is 39.2 Å². The van der Waals surface area contributed by atoms with E-state index in [1.807, 2.05) is 32.7 Å². The molecule has 0 saturated carbocycles. The lowest BCUT2D eigenvalue weighted by molar-refractivity contribution is -0.384. The van der Waals surface area contributed by atoms with Crippen LogP contribution >= 0.6 is 0 Å². The van der Waals surface area contributed by atoms with E-state index in [1.165, 1.54) is 12.1 Å².